The van der Waals surface area contributed by atoms with Crippen molar-refractivity contribution >= 4 is 10.0 Å². The van der Waals surface area contributed by atoms with Crippen molar-refractivity contribution in [1.29, 1.82) is 0 Å². The van der Waals surface area contributed by atoms with E-state index in [9.17, 15) is 8.42 Å². The van der Waals surface area contributed by atoms with Crippen LogP contribution in [0.3, 0.4) is 0 Å². The molecule has 0 radical (unpaired) electrons. The molecule has 0 saturated carbocycles. The fourth-order valence-electron chi connectivity index (χ4n) is 1.37. The van der Waals surface area contributed by atoms with Crippen molar-refractivity contribution in [3.8, 4) is 0 Å². The van der Waals surface area contributed by atoms with Crippen molar-refractivity contribution in [3.05, 3.63) is 11.8 Å². The number of sulfonamides is 1. The summed E-state index contributed by atoms with van der Waals surface area (Å²) in [5.41, 5.74) is 5.89. The van der Waals surface area contributed by atoms with Crippen LogP contribution in [0, 0.1) is 0 Å². The zero-order chi connectivity index (χ0) is 14.1. The van der Waals surface area contributed by atoms with E-state index in [1.807, 2.05) is 0 Å². The molecule has 4 N–H and O–H groups in total. The first-order valence-corrected chi connectivity index (χ1v) is 7.38. The largest absolute Gasteiger partial charge is 0.382 e. The van der Waals surface area contributed by atoms with Gasteiger partial charge in [-0.25, -0.2) is 13.1 Å². The molecule has 1 rings (SSSR count). The number of nitrogens with two attached hydrogens (primary N) is 1. The van der Waals surface area contributed by atoms with Crippen molar-refractivity contribution in [3.63, 3.8) is 0 Å². The molecule has 0 bridgehead atoms. The number of H-pyrrole nitrogens is 1. The Kier molecular flexibility index (Phi) is 6.95. The maximum atomic E-state index is 11.9. The average Bonchev–Trinajstić information content (AvgIpc) is 2.87. The summed E-state index contributed by atoms with van der Waals surface area (Å²) < 4.78 is 36.3. The molecule has 110 valence electrons. The third-order valence-electron chi connectivity index (χ3n) is 2.36. The van der Waals surface area contributed by atoms with E-state index in [0.717, 1.165) is 0 Å². The summed E-state index contributed by atoms with van der Waals surface area (Å²) in [7, 11) is -1.99. The Morgan fingerprint density at radius 1 is 1.42 bits per heavy atom. The Morgan fingerprint density at radius 2 is 2.21 bits per heavy atom. The number of rotatable bonds is 10. The van der Waals surface area contributed by atoms with E-state index in [1.165, 1.54) is 6.20 Å². The summed E-state index contributed by atoms with van der Waals surface area (Å²) in [6.45, 7) is 1.91. The standard InChI is InChI=1S/C10H20N4O4S/c1-17-5-6-18-4-2-3-13-19(15,16)10-9(7-11)8-12-14-10/h8,13H,2-7,11H2,1H3,(H,12,14). The fraction of sp³-hybridized carbons (Fsp3) is 0.700. The van der Waals surface area contributed by atoms with Gasteiger partial charge in [-0.2, -0.15) is 5.10 Å². The molecule has 0 aliphatic heterocycles. The molecule has 0 aromatic carbocycles. The van der Waals surface area contributed by atoms with Gasteiger partial charge in [-0.15, -0.1) is 0 Å². The van der Waals surface area contributed by atoms with E-state index in [0.29, 0.717) is 38.3 Å². The number of hydrogen-bond donors (Lipinski definition) is 3. The van der Waals surface area contributed by atoms with Crippen molar-refractivity contribution in [2.24, 2.45) is 5.73 Å². The minimum atomic E-state index is -3.59. The first-order valence-electron chi connectivity index (χ1n) is 5.90. The Morgan fingerprint density at radius 3 is 2.89 bits per heavy atom. The summed E-state index contributed by atoms with van der Waals surface area (Å²) in [6.07, 6.45) is 1.98. The molecular formula is C10H20N4O4S. The van der Waals surface area contributed by atoms with Crippen LogP contribution in [0.5, 0.6) is 0 Å². The molecule has 1 aromatic rings. The zero-order valence-corrected chi connectivity index (χ0v) is 11.7. The summed E-state index contributed by atoms with van der Waals surface area (Å²) in [5, 5.41) is 6.14. The summed E-state index contributed by atoms with van der Waals surface area (Å²) >= 11 is 0. The monoisotopic (exact) mass is 292 g/mol. The third kappa shape index (κ3) is 5.25. The predicted molar refractivity (Wildman–Crippen MR) is 69.0 cm³/mol. The van der Waals surface area contributed by atoms with Crippen LogP contribution in [0.4, 0.5) is 0 Å². The molecule has 9 heteroatoms. The molecule has 0 fully saturated rings. The van der Waals surface area contributed by atoms with Crippen LogP contribution in [0.2, 0.25) is 0 Å². The van der Waals surface area contributed by atoms with Gasteiger partial charge in [0.1, 0.15) is 0 Å². The Balaban J connectivity index is 2.32. The fourth-order valence-corrected chi connectivity index (χ4v) is 2.59. The van der Waals surface area contributed by atoms with Gasteiger partial charge in [0.05, 0.1) is 19.4 Å². The Hall–Kier alpha value is -1.00. The average molecular weight is 292 g/mol. The predicted octanol–water partition coefficient (Wildman–Crippen LogP) is -0.800. The van der Waals surface area contributed by atoms with Crippen molar-refractivity contribution in [2.75, 3.05) is 33.5 Å². The highest BCUT2D eigenvalue weighted by Crippen LogP contribution is 2.10. The lowest BCUT2D eigenvalue weighted by Crippen LogP contribution is -2.27. The van der Waals surface area contributed by atoms with E-state index in [-0.39, 0.29) is 11.6 Å². The van der Waals surface area contributed by atoms with Crippen molar-refractivity contribution < 1.29 is 17.9 Å². The van der Waals surface area contributed by atoms with E-state index in [1.54, 1.807) is 7.11 Å². The maximum absolute atomic E-state index is 11.9. The second kappa shape index (κ2) is 8.23. The normalized spacial score (nSPS) is 11.9. The first-order chi connectivity index (χ1) is 9.11. The van der Waals surface area contributed by atoms with Crippen molar-refractivity contribution in [1.82, 2.24) is 14.9 Å². The molecule has 0 spiro atoms. The highest BCUT2D eigenvalue weighted by molar-refractivity contribution is 7.89. The number of ether oxygens (including phenoxy) is 2. The summed E-state index contributed by atoms with van der Waals surface area (Å²) in [6, 6.07) is 0. The molecule has 0 amide bonds. The molecule has 0 saturated heterocycles. The van der Waals surface area contributed by atoms with Crippen molar-refractivity contribution in [2.45, 2.75) is 18.0 Å². The van der Waals surface area contributed by atoms with Gasteiger partial charge in [0.2, 0.25) is 0 Å². The molecule has 0 aliphatic rings. The number of hydrogen-bond acceptors (Lipinski definition) is 6. The van der Waals surface area contributed by atoms with Gasteiger partial charge in [-0.1, -0.05) is 0 Å². The van der Waals surface area contributed by atoms with E-state index >= 15 is 0 Å². The number of methoxy groups -OCH3 is 1. The van der Waals surface area contributed by atoms with Gasteiger partial charge in [0.15, 0.2) is 5.03 Å². The third-order valence-corrected chi connectivity index (χ3v) is 3.83. The Labute approximate surface area is 112 Å². The van der Waals surface area contributed by atoms with Crippen LogP contribution in [-0.4, -0.2) is 52.1 Å². The zero-order valence-electron chi connectivity index (χ0n) is 10.9. The molecule has 1 heterocycles. The molecule has 0 unspecified atom stereocenters. The Bertz CT molecular complexity index is 460. The summed E-state index contributed by atoms with van der Waals surface area (Å²) in [4.78, 5) is 0. The molecule has 0 atom stereocenters. The molecular weight excluding hydrogens is 272 g/mol. The van der Waals surface area contributed by atoms with Crippen LogP contribution < -0.4 is 10.5 Å². The molecule has 8 nitrogen and oxygen atoms in total. The molecule has 19 heavy (non-hydrogen) atoms. The van der Waals surface area contributed by atoms with Gasteiger partial charge in [0.25, 0.3) is 10.0 Å². The van der Waals surface area contributed by atoms with Gasteiger partial charge < -0.3 is 15.2 Å². The number of nitrogens with zero attached hydrogens (tertiary/aromatic N) is 1. The van der Waals surface area contributed by atoms with E-state index in [4.69, 9.17) is 15.2 Å². The second-order valence-corrected chi connectivity index (χ2v) is 5.49. The first kappa shape index (κ1) is 16.1. The van der Waals surface area contributed by atoms with E-state index in [2.05, 4.69) is 14.9 Å². The van der Waals surface area contributed by atoms with Crippen LogP contribution in [0.1, 0.15) is 12.0 Å². The van der Waals surface area contributed by atoms with Gasteiger partial charge in [-0.05, 0) is 6.42 Å². The minimum Gasteiger partial charge on any atom is -0.382 e. The topological polar surface area (TPSA) is 119 Å². The van der Waals surface area contributed by atoms with Crippen LogP contribution >= 0.6 is 0 Å². The van der Waals surface area contributed by atoms with Gasteiger partial charge >= 0.3 is 0 Å². The molecule has 0 aliphatic carbocycles. The molecule has 1 aromatic heterocycles. The van der Waals surface area contributed by atoms with Crippen LogP contribution in [-0.2, 0) is 26.0 Å². The SMILES string of the molecule is COCCOCCCNS(=O)(=O)c1[nH]ncc1CN. The lowest BCUT2D eigenvalue weighted by atomic mass is 10.4. The number of aromatic nitrogens is 2. The van der Waals surface area contributed by atoms with Crippen LogP contribution in [0.15, 0.2) is 11.2 Å². The highest BCUT2D eigenvalue weighted by atomic mass is 32.2. The highest BCUT2D eigenvalue weighted by Gasteiger charge is 2.19. The van der Waals surface area contributed by atoms with Crippen LogP contribution in [0.25, 0.3) is 0 Å². The van der Waals surface area contributed by atoms with Gasteiger partial charge in [-0.3, -0.25) is 5.10 Å². The maximum Gasteiger partial charge on any atom is 0.257 e. The quantitative estimate of drug-likeness (QED) is 0.486. The summed E-state index contributed by atoms with van der Waals surface area (Å²) in [5.74, 6) is 0. The van der Waals surface area contributed by atoms with Gasteiger partial charge in [0, 0.05) is 32.4 Å². The second-order valence-electron chi connectivity index (χ2n) is 3.78. The minimum absolute atomic E-state index is 0.0234. The number of aromatic amines is 1. The number of nitrogens with one attached hydrogen (secondary N) is 2. The smallest absolute Gasteiger partial charge is 0.257 e. The van der Waals surface area contributed by atoms with E-state index < -0.39 is 10.0 Å². The lowest BCUT2D eigenvalue weighted by Gasteiger charge is -2.07. The lowest BCUT2D eigenvalue weighted by molar-refractivity contribution is 0.0699.